The minimum Gasteiger partial charge on any atom is -0.469 e. The van der Waals surface area contributed by atoms with E-state index in [1.807, 2.05) is 25.1 Å². The van der Waals surface area contributed by atoms with Crippen molar-refractivity contribution in [2.45, 2.75) is 71.3 Å². The summed E-state index contributed by atoms with van der Waals surface area (Å²) in [4.78, 5) is 12.2. The van der Waals surface area contributed by atoms with E-state index in [1.54, 1.807) is 0 Å². The molecule has 0 amide bonds. The average Bonchev–Trinajstić information content (AvgIpc) is 3.56. The van der Waals surface area contributed by atoms with Crippen LogP contribution in [0.2, 0.25) is 10.0 Å². The second kappa shape index (κ2) is 9.36. The van der Waals surface area contributed by atoms with Crippen molar-refractivity contribution in [2.24, 2.45) is 10.8 Å². The third-order valence-corrected chi connectivity index (χ3v) is 8.09. The molecule has 174 valence electrons. The van der Waals surface area contributed by atoms with Gasteiger partial charge in [0.15, 0.2) is 0 Å². The molecule has 0 aliphatic heterocycles. The van der Waals surface area contributed by atoms with Crippen LogP contribution < -0.4 is 0 Å². The predicted octanol–water partition coefficient (Wildman–Crippen LogP) is 7.19. The van der Waals surface area contributed by atoms with E-state index in [0.29, 0.717) is 40.4 Å². The van der Waals surface area contributed by atoms with Crippen molar-refractivity contribution >= 4 is 29.2 Å². The van der Waals surface area contributed by atoms with E-state index < -0.39 is 5.41 Å². The number of hydrogen-bond acceptors (Lipinski definition) is 5. The first-order valence-corrected chi connectivity index (χ1v) is 12.2. The number of nitrogens with zero attached hydrogens (tertiary/aromatic N) is 1. The zero-order valence-electron chi connectivity index (χ0n) is 19.0. The number of methoxy groups -OCH3 is 1. The van der Waals surface area contributed by atoms with Crippen LogP contribution in [-0.2, 0) is 20.9 Å². The zero-order valence-corrected chi connectivity index (χ0v) is 20.5. The average molecular weight is 480 g/mol. The molecule has 0 atom stereocenters. The largest absolute Gasteiger partial charge is 0.469 e. The molecule has 1 aromatic carbocycles. The molecular formula is C25H31Cl2NO4. The molecule has 0 bridgehead atoms. The number of hydrogen-bond donors (Lipinski definition) is 0. The summed E-state index contributed by atoms with van der Waals surface area (Å²) in [5, 5.41) is 5.44. The number of esters is 1. The highest BCUT2D eigenvalue weighted by Crippen LogP contribution is 2.49. The molecule has 7 heteroatoms. The highest BCUT2D eigenvalue weighted by Gasteiger charge is 2.44. The Bertz CT molecular complexity index is 954. The van der Waals surface area contributed by atoms with E-state index in [0.717, 1.165) is 56.3 Å². The Morgan fingerprint density at radius 1 is 1.19 bits per heavy atom. The SMILES string of the molecule is CCC1(COCc2c(-c3c(Cl)cccc3Cl)noc2C2CC2)CCC(C)(C(=O)OC)CC1. The fraction of sp³-hybridized carbons (Fsp3) is 0.600. The highest BCUT2D eigenvalue weighted by atomic mass is 35.5. The molecule has 2 fully saturated rings. The van der Waals surface area contributed by atoms with Gasteiger partial charge in [-0.2, -0.15) is 0 Å². The Kier molecular flexibility index (Phi) is 6.90. The fourth-order valence-corrected chi connectivity index (χ4v) is 5.38. The van der Waals surface area contributed by atoms with E-state index >= 15 is 0 Å². The first-order chi connectivity index (χ1) is 15.3. The predicted molar refractivity (Wildman–Crippen MR) is 125 cm³/mol. The Morgan fingerprint density at radius 3 is 2.41 bits per heavy atom. The van der Waals surface area contributed by atoms with Crippen molar-refractivity contribution in [1.82, 2.24) is 5.16 Å². The molecule has 0 radical (unpaired) electrons. The molecule has 32 heavy (non-hydrogen) atoms. The van der Waals surface area contributed by atoms with E-state index in [4.69, 9.17) is 37.2 Å². The van der Waals surface area contributed by atoms with Crippen molar-refractivity contribution in [3.05, 3.63) is 39.6 Å². The van der Waals surface area contributed by atoms with Crippen LogP contribution in [0, 0.1) is 10.8 Å². The van der Waals surface area contributed by atoms with Crippen LogP contribution in [0.3, 0.4) is 0 Å². The van der Waals surface area contributed by atoms with Gasteiger partial charge in [-0.05, 0) is 69.4 Å². The van der Waals surface area contributed by atoms with Gasteiger partial charge in [-0.15, -0.1) is 0 Å². The first kappa shape index (κ1) is 23.6. The molecule has 5 nitrogen and oxygen atoms in total. The van der Waals surface area contributed by atoms with Crippen molar-refractivity contribution < 1.29 is 18.8 Å². The molecule has 0 N–H and O–H groups in total. The quantitative estimate of drug-likeness (QED) is 0.374. The van der Waals surface area contributed by atoms with Crippen molar-refractivity contribution in [1.29, 1.82) is 0 Å². The molecule has 2 aliphatic carbocycles. The van der Waals surface area contributed by atoms with Crippen LogP contribution in [0.1, 0.15) is 76.0 Å². The lowest BCUT2D eigenvalue weighted by atomic mass is 9.63. The van der Waals surface area contributed by atoms with Gasteiger partial charge >= 0.3 is 5.97 Å². The van der Waals surface area contributed by atoms with Crippen LogP contribution in [0.5, 0.6) is 0 Å². The fourth-order valence-electron chi connectivity index (χ4n) is 4.80. The third-order valence-electron chi connectivity index (χ3n) is 7.46. The van der Waals surface area contributed by atoms with Gasteiger partial charge in [-0.25, -0.2) is 0 Å². The topological polar surface area (TPSA) is 61.6 Å². The molecular weight excluding hydrogens is 449 g/mol. The maximum absolute atomic E-state index is 12.2. The first-order valence-electron chi connectivity index (χ1n) is 11.4. The van der Waals surface area contributed by atoms with Crippen molar-refractivity contribution in [3.63, 3.8) is 0 Å². The van der Waals surface area contributed by atoms with E-state index in [1.165, 1.54) is 7.11 Å². The van der Waals surface area contributed by atoms with Gasteiger partial charge in [0.05, 0.1) is 35.8 Å². The molecule has 2 aliphatic rings. The monoisotopic (exact) mass is 479 g/mol. The Hall–Kier alpha value is -1.56. The van der Waals surface area contributed by atoms with Gasteiger partial charge in [0.1, 0.15) is 11.5 Å². The summed E-state index contributed by atoms with van der Waals surface area (Å²) in [5.41, 5.74) is 1.99. The van der Waals surface area contributed by atoms with Crippen molar-refractivity contribution in [3.8, 4) is 11.3 Å². The number of ether oxygens (including phenoxy) is 2. The van der Waals surface area contributed by atoms with Gasteiger partial charge in [0.2, 0.25) is 0 Å². The lowest BCUT2D eigenvalue weighted by Crippen LogP contribution is -2.40. The van der Waals surface area contributed by atoms with Gasteiger partial charge in [0.25, 0.3) is 0 Å². The number of aromatic nitrogens is 1. The standard InChI is InChI=1S/C25H31Cl2NO4/c1-4-25(12-10-24(2,11-13-25)23(29)30-3)15-31-14-17-21(28-32-22(17)16-8-9-16)20-18(26)6-5-7-19(20)27/h5-7,16H,4,8-15H2,1-3H3. The summed E-state index contributed by atoms with van der Waals surface area (Å²) >= 11 is 12.9. The summed E-state index contributed by atoms with van der Waals surface area (Å²) < 4.78 is 17.1. The van der Waals surface area contributed by atoms with Gasteiger partial charge in [-0.3, -0.25) is 4.79 Å². The summed E-state index contributed by atoms with van der Waals surface area (Å²) in [7, 11) is 1.47. The number of carbonyl (C=O) groups is 1. The lowest BCUT2D eigenvalue weighted by molar-refractivity contribution is -0.156. The molecule has 2 aromatic rings. The third kappa shape index (κ3) is 4.57. The smallest absolute Gasteiger partial charge is 0.311 e. The minimum atomic E-state index is -0.394. The van der Waals surface area contributed by atoms with Crippen LogP contribution in [0.4, 0.5) is 0 Å². The molecule has 4 rings (SSSR count). The Balaban J connectivity index is 1.49. The summed E-state index contributed by atoms with van der Waals surface area (Å²) in [6.07, 6.45) is 6.73. The minimum absolute atomic E-state index is 0.0621. The van der Waals surface area contributed by atoms with Crippen LogP contribution in [0.25, 0.3) is 11.3 Å². The summed E-state index contributed by atoms with van der Waals surface area (Å²) in [6.45, 7) is 5.25. The van der Waals surface area contributed by atoms with Crippen LogP contribution >= 0.6 is 23.2 Å². The maximum atomic E-state index is 12.2. The van der Waals surface area contributed by atoms with E-state index in [-0.39, 0.29) is 11.4 Å². The Morgan fingerprint density at radius 2 is 1.84 bits per heavy atom. The molecule has 0 saturated heterocycles. The molecule has 1 aromatic heterocycles. The second-order valence-electron chi connectivity index (χ2n) is 9.64. The summed E-state index contributed by atoms with van der Waals surface area (Å²) in [5.74, 6) is 1.18. The Labute approximate surface area is 199 Å². The highest BCUT2D eigenvalue weighted by molar-refractivity contribution is 6.39. The van der Waals surface area contributed by atoms with Crippen LogP contribution in [-0.4, -0.2) is 24.8 Å². The van der Waals surface area contributed by atoms with Crippen molar-refractivity contribution in [2.75, 3.05) is 13.7 Å². The zero-order chi connectivity index (χ0) is 22.9. The van der Waals surface area contributed by atoms with Crippen LogP contribution in [0.15, 0.2) is 22.7 Å². The van der Waals surface area contributed by atoms with E-state index in [2.05, 4.69) is 12.1 Å². The normalized spacial score (nSPS) is 25.7. The summed E-state index contributed by atoms with van der Waals surface area (Å²) in [6, 6.07) is 5.44. The molecule has 2 saturated carbocycles. The lowest BCUT2D eigenvalue weighted by Gasteiger charge is -2.43. The maximum Gasteiger partial charge on any atom is 0.311 e. The number of carbonyl (C=O) groups excluding carboxylic acids is 1. The second-order valence-corrected chi connectivity index (χ2v) is 10.5. The van der Waals surface area contributed by atoms with E-state index in [9.17, 15) is 4.79 Å². The molecule has 1 heterocycles. The molecule has 0 spiro atoms. The van der Waals surface area contributed by atoms with Gasteiger partial charge in [0, 0.05) is 17.0 Å². The van der Waals surface area contributed by atoms with Gasteiger partial charge < -0.3 is 14.0 Å². The molecule has 0 unspecified atom stereocenters. The number of benzene rings is 1. The van der Waals surface area contributed by atoms with Gasteiger partial charge in [-0.1, -0.05) is 41.3 Å². The number of rotatable bonds is 8. The number of halogens is 2.